The molecule has 6 rings (SSSR count). The number of likely N-dealkylation sites (N-methyl/N-ethyl adjacent to an activating group) is 1. The van der Waals surface area contributed by atoms with Gasteiger partial charge in [-0.3, -0.25) is 15.1 Å². The number of nitrogens with one attached hydrogen (secondary N) is 2. The third-order valence-electron chi connectivity index (χ3n) is 5.88. The number of hydrogen-bond acceptors (Lipinski definition) is 7. The second-order valence-corrected chi connectivity index (χ2v) is 8.57. The molecule has 0 fully saturated rings. The summed E-state index contributed by atoms with van der Waals surface area (Å²) >= 11 is 0. The lowest BCUT2D eigenvalue weighted by Gasteiger charge is -2.11. The summed E-state index contributed by atoms with van der Waals surface area (Å²) in [5, 5.41) is 9.47. The Labute approximate surface area is 200 Å². The maximum Gasteiger partial charge on any atom is 0.181 e. The first-order chi connectivity index (χ1) is 17.2. The summed E-state index contributed by atoms with van der Waals surface area (Å²) in [6.45, 7) is 1.43. The Morgan fingerprint density at radius 2 is 1.89 bits per heavy atom. The zero-order valence-electron chi connectivity index (χ0n) is 19.3. The van der Waals surface area contributed by atoms with Crippen LogP contribution in [0.5, 0.6) is 5.75 Å². The average Bonchev–Trinajstić information content (AvgIpc) is 3.62. The number of fused-ring (bicyclic) bond motifs is 2. The lowest BCUT2D eigenvalue weighted by atomic mass is 10.1. The van der Waals surface area contributed by atoms with E-state index in [0.717, 1.165) is 62.4 Å². The highest BCUT2D eigenvalue weighted by atomic mass is 16.5. The largest absolute Gasteiger partial charge is 0.491 e. The van der Waals surface area contributed by atoms with Crippen molar-refractivity contribution < 1.29 is 9.15 Å². The smallest absolute Gasteiger partial charge is 0.181 e. The minimum Gasteiger partial charge on any atom is -0.491 e. The van der Waals surface area contributed by atoms with E-state index < -0.39 is 0 Å². The number of rotatable bonds is 7. The Balaban J connectivity index is 1.38. The third-order valence-corrected chi connectivity index (χ3v) is 5.88. The highest BCUT2D eigenvalue weighted by Crippen LogP contribution is 2.34. The Morgan fingerprint density at radius 1 is 0.971 bits per heavy atom. The van der Waals surface area contributed by atoms with Crippen LogP contribution in [0.4, 0.5) is 0 Å². The van der Waals surface area contributed by atoms with Gasteiger partial charge in [0, 0.05) is 58.1 Å². The summed E-state index contributed by atoms with van der Waals surface area (Å²) in [6.07, 6.45) is 10.5. The molecule has 0 saturated heterocycles. The molecule has 9 heteroatoms. The van der Waals surface area contributed by atoms with Crippen LogP contribution < -0.4 is 4.74 Å². The SMILES string of the molecule is CN(C)CCOc1cncc(-c2cnc3n[nH]c(-c4cc5c(-c6ccoc6)nccc5[nH]4)c3c2)c1. The molecular formula is C26H23N7O2. The molecule has 174 valence electrons. The van der Waals surface area contributed by atoms with Crippen LogP contribution in [0.1, 0.15) is 0 Å². The molecule has 0 amide bonds. The van der Waals surface area contributed by atoms with E-state index in [0.29, 0.717) is 12.3 Å². The van der Waals surface area contributed by atoms with Gasteiger partial charge in [-0.15, -0.1) is 0 Å². The molecule has 0 aliphatic heterocycles. The van der Waals surface area contributed by atoms with E-state index >= 15 is 0 Å². The molecule has 9 nitrogen and oxygen atoms in total. The van der Waals surface area contributed by atoms with Crippen molar-refractivity contribution >= 4 is 21.9 Å². The van der Waals surface area contributed by atoms with Crippen LogP contribution >= 0.6 is 0 Å². The summed E-state index contributed by atoms with van der Waals surface area (Å²) in [5.41, 5.74) is 7.03. The van der Waals surface area contributed by atoms with Gasteiger partial charge < -0.3 is 19.0 Å². The van der Waals surface area contributed by atoms with E-state index in [1.54, 1.807) is 31.1 Å². The summed E-state index contributed by atoms with van der Waals surface area (Å²) in [7, 11) is 4.03. The van der Waals surface area contributed by atoms with Crippen molar-refractivity contribution in [3.63, 3.8) is 0 Å². The van der Waals surface area contributed by atoms with E-state index in [4.69, 9.17) is 9.15 Å². The van der Waals surface area contributed by atoms with Crippen molar-refractivity contribution in [3.8, 4) is 39.5 Å². The standard InChI is InChI=1S/C26H23N7O2/c1-33(2)6-8-35-19-9-17(12-27-14-19)18-10-21-25(31-32-26(21)29-13-18)23-11-20-22(30-23)3-5-28-24(20)16-4-7-34-15-16/h3-5,7,9-15,30H,6,8H2,1-2H3,(H,29,31,32). The summed E-state index contributed by atoms with van der Waals surface area (Å²) in [6, 6.07) is 9.99. The summed E-state index contributed by atoms with van der Waals surface area (Å²) in [5.74, 6) is 0.728. The third kappa shape index (κ3) is 4.02. The van der Waals surface area contributed by atoms with Gasteiger partial charge in [0.1, 0.15) is 12.4 Å². The molecule has 0 spiro atoms. The van der Waals surface area contributed by atoms with Crippen molar-refractivity contribution in [1.82, 2.24) is 35.0 Å². The van der Waals surface area contributed by atoms with E-state index in [2.05, 4.69) is 47.2 Å². The lowest BCUT2D eigenvalue weighted by Crippen LogP contribution is -2.19. The highest BCUT2D eigenvalue weighted by molar-refractivity contribution is 5.99. The number of ether oxygens (including phenoxy) is 1. The maximum atomic E-state index is 5.86. The van der Waals surface area contributed by atoms with Crippen LogP contribution in [0.3, 0.4) is 0 Å². The van der Waals surface area contributed by atoms with Gasteiger partial charge in [-0.05, 0) is 44.4 Å². The summed E-state index contributed by atoms with van der Waals surface area (Å²) in [4.78, 5) is 19.1. The van der Waals surface area contributed by atoms with Crippen LogP contribution in [0.15, 0.2) is 72.1 Å². The number of pyridine rings is 3. The van der Waals surface area contributed by atoms with Crippen LogP contribution in [0.2, 0.25) is 0 Å². The Bertz CT molecular complexity index is 1620. The molecule has 0 aliphatic rings. The maximum absolute atomic E-state index is 5.86. The normalized spacial score (nSPS) is 11.6. The van der Waals surface area contributed by atoms with Crippen LogP contribution in [-0.4, -0.2) is 62.3 Å². The molecule has 0 bridgehead atoms. The first-order valence-corrected chi connectivity index (χ1v) is 11.2. The zero-order valence-corrected chi connectivity index (χ0v) is 19.3. The highest BCUT2D eigenvalue weighted by Gasteiger charge is 2.15. The van der Waals surface area contributed by atoms with Crippen molar-refractivity contribution in [2.24, 2.45) is 0 Å². The number of hydrogen-bond donors (Lipinski definition) is 2. The molecule has 6 aromatic heterocycles. The number of H-pyrrole nitrogens is 2. The van der Waals surface area contributed by atoms with Crippen molar-refractivity contribution in [3.05, 3.63) is 67.6 Å². The lowest BCUT2D eigenvalue weighted by molar-refractivity contribution is 0.261. The van der Waals surface area contributed by atoms with Gasteiger partial charge in [-0.1, -0.05) is 0 Å². The predicted octanol–water partition coefficient (Wildman–Crippen LogP) is 4.76. The zero-order chi connectivity index (χ0) is 23.8. The Kier molecular flexibility index (Phi) is 5.23. The van der Waals surface area contributed by atoms with Gasteiger partial charge >= 0.3 is 0 Å². The predicted molar refractivity (Wildman–Crippen MR) is 134 cm³/mol. The number of furan rings is 1. The Morgan fingerprint density at radius 3 is 2.74 bits per heavy atom. The van der Waals surface area contributed by atoms with E-state index in [-0.39, 0.29) is 0 Å². The molecule has 0 atom stereocenters. The molecule has 6 aromatic rings. The van der Waals surface area contributed by atoms with Gasteiger partial charge in [0.2, 0.25) is 0 Å². The van der Waals surface area contributed by atoms with E-state index in [1.807, 2.05) is 38.5 Å². The molecular weight excluding hydrogens is 442 g/mol. The molecule has 0 aromatic carbocycles. The van der Waals surface area contributed by atoms with Crippen molar-refractivity contribution in [2.75, 3.05) is 27.2 Å². The van der Waals surface area contributed by atoms with Gasteiger partial charge in [0.05, 0.1) is 35.8 Å². The molecule has 0 unspecified atom stereocenters. The molecule has 35 heavy (non-hydrogen) atoms. The van der Waals surface area contributed by atoms with Crippen molar-refractivity contribution in [1.29, 1.82) is 0 Å². The fourth-order valence-corrected chi connectivity index (χ4v) is 4.08. The topological polar surface area (TPSA) is 109 Å². The second-order valence-electron chi connectivity index (χ2n) is 8.57. The second kappa shape index (κ2) is 8.69. The molecule has 0 aliphatic carbocycles. The van der Waals surface area contributed by atoms with Crippen LogP contribution in [0.25, 0.3) is 55.7 Å². The van der Waals surface area contributed by atoms with Crippen LogP contribution in [-0.2, 0) is 0 Å². The minimum absolute atomic E-state index is 0.595. The fourth-order valence-electron chi connectivity index (χ4n) is 4.08. The van der Waals surface area contributed by atoms with Gasteiger partial charge in [0.25, 0.3) is 0 Å². The minimum atomic E-state index is 0.595. The molecule has 0 radical (unpaired) electrons. The quantitative estimate of drug-likeness (QED) is 0.350. The molecule has 2 N–H and O–H groups in total. The number of aromatic amines is 2. The van der Waals surface area contributed by atoms with Gasteiger partial charge in [-0.25, -0.2) is 4.98 Å². The monoisotopic (exact) mass is 465 g/mol. The number of aromatic nitrogens is 6. The van der Waals surface area contributed by atoms with Crippen molar-refractivity contribution in [2.45, 2.75) is 0 Å². The molecule has 0 saturated carbocycles. The van der Waals surface area contributed by atoms with Gasteiger partial charge in [0.15, 0.2) is 5.65 Å². The first kappa shape index (κ1) is 21.1. The first-order valence-electron chi connectivity index (χ1n) is 11.2. The van der Waals surface area contributed by atoms with E-state index in [1.165, 1.54) is 0 Å². The van der Waals surface area contributed by atoms with E-state index in [9.17, 15) is 0 Å². The number of nitrogens with zero attached hydrogens (tertiary/aromatic N) is 5. The summed E-state index contributed by atoms with van der Waals surface area (Å²) < 4.78 is 11.1. The Hall–Kier alpha value is -4.50. The average molecular weight is 466 g/mol. The molecule has 6 heterocycles. The fraction of sp³-hybridized carbons (Fsp3) is 0.154. The van der Waals surface area contributed by atoms with Gasteiger partial charge in [-0.2, -0.15) is 5.10 Å². The van der Waals surface area contributed by atoms with Crippen LogP contribution in [0, 0.1) is 0 Å².